The molecule has 0 saturated heterocycles. The number of rotatable bonds is 2. The average molecular weight is 191 g/mol. The van der Waals surface area contributed by atoms with Crippen LogP contribution < -0.4 is 0 Å². The van der Waals surface area contributed by atoms with E-state index in [0.29, 0.717) is 0 Å². The fraction of sp³-hybridized carbons (Fsp3) is 0.714. The van der Waals surface area contributed by atoms with E-state index in [9.17, 15) is 13.2 Å². The lowest BCUT2D eigenvalue weighted by Crippen LogP contribution is -2.15. The Hall–Kier alpha value is -1.07. The Kier molecular flexibility index (Phi) is 1.78. The second-order valence-corrected chi connectivity index (χ2v) is 3.18. The Morgan fingerprint density at radius 3 is 2.69 bits per heavy atom. The molecule has 1 saturated carbocycles. The third kappa shape index (κ3) is 1.99. The van der Waals surface area contributed by atoms with E-state index in [2.05, 4.69) is 10.2 Å². The van der Waals surface area contributed by atoms with Crippen LogP contribution >= 0.6 is 0 Å². The first-order valence-electron chi connectivity index (χ1n) is 4.01. The van der Waals surface area contributed by atoms with Crippen LogP contribution in [-0.4, -0.2) is 20.9 Å². The minimum absolute atomic E-state index is 0.0231. The lowest BCUT2D eigenvalue weighted by Gasteiger charge is -2.06. The number of halogens is 3. The van der Waals surface area contributed by atoms with Gasteiger partial charge >= 0.3 is 6.18 Å². The highest BCUT2D eigenvalue weighted by atomic mass is 19.4. The topological polar surface area (TPSA) is 30.7 Å². The molecule has 1 aromatic heterocycles. The summed E-state index contributed by atoms with van der Waals surface area (Å²) in [7, 11) is 0. The van der Waals surface area contributed by atoms with Crippen LogP contribution in [0.5, 0.6) is 0 Å². The van der Waals surface area contributed by atoms with Crippen LogP contribution in [0.2, 0.25) is 0 Å². The van der Waals surface area contributed by atoms with Crippen molar-refractivity contribution in [2.45, 2.75) is 31.5 Å². The van der Waals surface area contributed by atoms with E-state index in [1.165, 1.54) is 10.9 Å². The fourth-order valence-electron chi connectivity index (χ4n) is 1.23. The van der Waals surface area contributed by atoms with Gasteiger partial charge in [0.25, 0.3) is 0 Å². The molecule has 0 bridgehead atoms. The second-order valence-electron chi connectivity index (χ2n) is 3.18. The van der Waals surface area contributed by atoms with Gasteiger partial charge in [0.1, 0.15) is 18.6 Å². The first-order valence-corrected chi connectivity index (χ1v) is 4.01. The largest absolute Gasteiger partial charge is 0.396 e. The van der Waals surface area contributed by atoms with Crippen LogP contribution in [0.15, 0.2) is 6.33 Å². The van der Waals surface area contributed by atoms with E-state index >= 15 is 0 Å². The van der Waals surface area contributed by atoms with Gasteiger partial charge in [-0.15, -0.1) is 10.2 Å². The smallest absolute Gasteiger partial charge is 0.314 e. The van der Waals surface area contributed by atoms with Crippen LogP contribution in [0, 0.1) is 0 Å². The van der Waals surface area contributed by atoms with Gasteiger partial charge in [0.15, 0.2) is 0 Å². The lowest BCUT2D eigenvalue weighted by molar-refractivity contribution is -0.129. The minimum atomic E-state index is -4.19. The molecular weight excluding hydrogens is 183 g/mol. The maximum absolute atomic E-state index is 12.0. The van der Waals surface area contributed by atoms with Gasteiger partial charge in [0.05, 0.1) is 0 Å². The van der Waals surface area contributed by atoms with Crippen molar-refractivity contribution in [3.8, 4) is 0 Å². The van der Waals surface area contributed by atoms with E-state index in [1.807, 2.05) is 0 Å². The molecular formula is C7H8F3N3. The van der Waals surface area contributed by atoms with Crippen molar-refractivity contribution in [2.24, 2.45) is 0 Å². The fourth-order valence-corrected chi connectivity index (χ4v) is 1.23. The SMILES string of the molecule is FC(F)(F)Cc1nncn1C1CC1. The van der Waals surface area contributed by atoms with Crippen molar-refractivity contribution in [3.63, 3.8) is 0 Å². The number of alkyl halides is 3. The standard InChI is InChI=1S/C7H8F3N3/c8-7(9,10)3-6-12-11-4-13(6)5-1-2-5/h4-5H,1-3H2. The van der Waals surface area contributed by atoms with Crippen molar-refractivity contribution >= 4 is 0 Å². The Balaban J connectivity index is 2.15. The molecule has 1 aliphatic carbocycles. The van der Waals surface area contributed by atoms with Crippen molar-refractivity contribution in [2.75, 3.05) is 0 Å². The van der Waals surface area contributed by atoms with Crippen molar-refractivity contribution in [3.05, 3.63) is 12.2 Å². The predicted molar refractivity (Wildman–Crippen MR) is 38.1 cm³/mol. The zero-order valence-corrected chi connectivity index (χ0v) is 6.75. The zero-order chi connectivity index (χ0) is 9.47. The van der Waals surface area contributed by atoms with Crippen LogP contribution in [0.3, 0.4) is 0 Å². The van der Waals surface area contributed by atoms with Crippen LogP contribution in [0.4, 0.5) is 13.2 Å². The highest BCUT2D eigenvalue weighted by Crippen LogP contribution is 2.36. The quantitative estimate of drug-likeness (QED) is 0.712. The number of hydrogen-bond donors (Lipinski definition) is 0. The molecule has 2 rings (SSSR count). The highest BCUT2D eigenvalue weighted by Gasteiger charge is 2.33. The lowest BCUT2D eigenvalue weighted by atomic mass is 10.4. The molecule has 3 nitrogen and oxygen atoms in total. The molecule has 72 valence electrons. The second kappa shape index (κ2) is 2.71. The molecule has 0 radical (unpaired) electrons. The summed E-state index contributed by atoms with van der Waals surface area (Å²) in [6.45, 7) is 0. The highest BCUT2D eigenvalue weighted by molar-refractivity contribution is 4.96. The van der Waals surface area contributed by atoms with Gasteiger partial charge in [-0.25, -0.2) is 0 Å². The van der Waals surface area contributed by atoms with Gasteiger partial charge in [-0.1, -0.05) is 0 Å². The summed E-state index contributed by atoms with van der Waals surface area (Å²) in [5.41, 5.74) is 0. The van der Waals surface area contributed by atoms with Gasteiger partial charge in [-0.05, 0) is 12.8 Å². The van der Waals surface area contributed by atoms with E-state index in [1.54, 1.807) is 0 Å². The molecule has 0 spiro atoms. The van der Waals surface area contributed by atoms with E-state index in [4.69, 9.17) is 0 Å². The monoisotopic (exact) mass is 191 g/mol. The molecule has 0 unspecified atom stereocenters. The maximum Gasteiger partial charge on any atom is 0.396 e. The first kappa shape index (κ1) is 8.52. The van der Waals surface area contributed by atoms with Crippen LogP contribution in [-0.2, 0) is 6.42 Å². The summed E-state index contributed by atoms with van der Waals surface area (Å²) < 4.78 is 37.5. The van der Waals surface area contributed by atoms with Crippen molar-refractivity contribution in [1.82, 2.24) is 14.8 Å². The molecule has 0 atom stereocenters. The molecule has 1 aliphatic rings. The summed E-state index contributed by atoms with van der Waals surface area (Å²) in [5, 5.41) is 6.94. The molecule has 0 amide bonds. The maximum atomic E-state index is 12.0. The number of nitrogens with zero attached hydrogens (tertiary/aromatic N) is 3. The Labute approximate surface area is 72.6 Å². The summed E-state index contributed by atoms with van der Waals surface area (Å²) in [4.78, 5) is 0. The molecule has 1 heterocycles. The van der Waals surface area contributed by atoms with Gasteiger partial charge in [0.2, 0.25) is 0 Å². The van der Waals surface area contributed by atoms with Crippen LogP contribution in [0.25, 0.3) is 0 Å². The van der Waals surface area contributed by atoms with Gasteiger partial charge in [-0.3, -0.25) is 0 Å². The zero-order valence-electron chi connectivity index (χ0n) is 6.75. The predicted octanol–water partition coefficient (Wildman–Crippen LogP) is 1.72. The van der Waals surface area contributed by atoms with E-state index < -0.39 is 12.6 Å². The molecule has 0 aromatic carbocycles. The van der Waals surface area contributed by atoms with Crippen molar-refractivity contribution < 1.29 is 13.2 Å². The Morgan fingerprint density at radius 1 is 1.46 bits per heavy atom. The van der Waals surface area contributed by atoms with Gasteiger partial charge < -0.3 is 4.57 Å². The minimum Gasteiger partial charge on any atom is -0.314 e. The number of aromatic nitrogens is 3. The molecule has 13 heavy (non-hydrogen) atoms. The molecule has 6 heteroatoms. The molecule has 1 aromatic rings. The average Bonchev–Trinajstić information content (AvgIpc) is 2.72. The molecule has 0 aliphatic heterocycles. The third-order valence-electron chi connectivity index (χ3n) is 1.95. The molecule has 1 fully saturated rings. The first-order chi connectivity index (χ1) is 6.06. The van der Waals surface area contributed by atoms with E-state index in [-0.39, 0.29) is 11.9 Å². The van der Waals surface area contributed by atoms with Gasteiger partial charge in [0, 0.05) is 6.04 Å². The van der Waals surface area contributed by atoms with Crippen molar-refractivity contribution in [1.29, 1.82) is 0 Å². The summed E-state index contributed by atoms with van der Waals surface area (Å²) in [6, 6.07) is 0.201. The normalized spacial score (nSPS) is 17.8. The third-order valence-corrected chi connectivity index (χ3v) is 1.95. The Bertz CT molecular complexity index is 300. The summed E-state index contributed by atoms with van der Waals surface area (Å²) in [6.07, 6.45) is -1.94. The Morgan fingerprint density at radius 2 is 2.15 bits per heavy atom. The summed E-state index contributed by atoms with van der Waals surface area (Å²) in [5.74, 6) is 0.0231. The van der Waals surface area contributed by atoms with Gasteiger partial charge in [-0.2, -0.15) is 13.2 Å². The molecule has 0 N–H and O–H groups in total. The number of hydrogen-bond acceptors (Lipinski definition) is 2. The van der Waals surface area contributed by atoms with Crippen LogP contribution in [0.1, 0.15) is 24.7 Å². The summed E-state index contributed by atoms with van der Waals surface area (Å²) >= 11 is 0. The van der Waals surface area contributed by atoms with E-state index in [0.717, 1.165) is 12.8 Å².